The van der Waals surface area contributed by atoms with Gasteiger partial charge in [-0.15, -0.1) is 0 Å². The molecule has 3 heterocycles. The third-order valence-corrected chi connectivity index (χ3v) is 5.55. The number of aliphatic hydroxyl groups is 1. The summed E-state index contributed by atoms with van der Waals surface area (Å²) >= 11 is 0. The molecule has 29 heavy (non-hydrogen) atoms. The van der Waals surface area contributed by atoms with Crippen molar-refractivity contribution in [3.63, 3.8) is 0 Å². The van der Waals surface area contributed by atoms with Gasteiger partial charge in [-0.05, 0) is 36.1 Å². The van der Waals surface area contributed by atoms with Crippen molar-refractivity contribution in [1.29, 1.82) is 0 Å². The first-order valence-electron chi connectivity index (χ1n) is 10.0. The van der Waals surface area contributed by atoms with E-state index in [-0.39, 0.29) is 6.10 Å². The van der Waals surface area contributed by atoms with Crippen LogP contribution in [0.4, 0.5) is 0 Å². The SMILES string of the molecule is O[C@@H]1CN(Cc2cccc3c2OCCO3)CC[C@H]1Oc1ccc2ccncc2c1. The van der Waals surface area contributed by atoms with Gasteiger partial charge in [0.1, 0.15) is 31.2 Å². The first-order valence-corrected chi connectivity index (χ1v) is 10.0. The Labute approximate surface area is 169 Å². The second-order valence-corrected chi connectivity index (χ2v) is 7.57. The highest BCUT2D eigenvalue weighted by Gasteiger charge is 2.30. The summed E-state index contributed by atoms with van der Waals surface area (Å²) in [5.41, 5.74) is 1.09. The topological polar surface area (TPSA) is 64.1 Å². The zero-order chi connectivity index (χ0) is 19.6. The van der Waals surface area contributed by atoms with Gasteiger partial charge < -0.3 is 19.3 Å². The zero-order valence-corrected chi connectivity index (χ0v) is 16.2. The van der Waals surface area contributed by atoms with E-state index in [1.165, 1.54) is 0 Å². The monoisotopic (exact) mass is 392 g/mol. The summed E-state index contributed by atoms with van der Waals surface area (Å²) in [5, 5.41) is 12.9. The lowest BCUT2D eigenvalue weighted by molar-refractivity contribution is -0.0277. The average molecular weight is 392 g/mol. The molecular formula is C23H24N2O4. The summed E-state index contributed by atoms with van der Waals surface area (Å²) in [6, 6.07) is 13.9. The minimum atomic E-state index is -0.551. The number of aromatic nitrogens is 1. The van der Waals surface area contributed by atoms with Gasteiger partial charge in [0, 0.05) is 43.0 Å². The molecule has 0 aliphatic carbocycles. The van der Waals surface area contributed by atoms with Crippen molar-refractivity contribution in [2.24, 2.45) is 0 Å². The van der Waals surface area contributed by atoms with Crippen LogP contribution in [0, 0.1) is 0 Å². The van der Waals surface area contributed by atoms with Crippen molar-refractivity contribution in [2.45, 2.75) is 25.2 Å². The summed E-state index contributed by atoms with van der Waals surface area (Å²) in [5.74, 6) is 2.40. The second-order valence-electron chi connectivity index (χ2n) is 7.57. The Morgan fingerprint density at radius 2 is 2.03 bits per heavy atom. The Morgan fingerprint density at radius 1 is 1.10 bits per heavy atom. The number of piperidine rings is 1. The number of ether oxygens (including phenoxy) is 3. The number of aliphatic hydroxyl groups excluding tert-OH is 1. The number of β-amino-alcohol motifs (C(OH)–C–C–N with tert-alkyl or cyclic N) is 1. The summed E-state index contributed by atoms with van der Waals surface area (Å²) in [6.07, 6.45) is 3.60. The molecule has 1 aromatic heterocycles. The number of rotatable bonds is 4. The maximum absolute atomic E-state index is 10.7. The van der Waals surface area contributed by atoms with Gasteiger partial charge in [0.2, 0.25) is 0 Å². The Morgan fingerprint density at radius 3 is 2.97 bits per heavy atom. The standard InChI is InChI=1S/C23H24N2O4/c26-20-15-25(14-17-2-1-3-22-23(17)28-11-10-27-22)9-7-21(20)29-19-5-4-16-6-8-24-13-18(16)12-19/h1-6,8,12-13,20-21,26H,7,9-11,14-15H2/t20-,21-/m1/s1. The predicted molar refractivity (Wildman–Crippen MR) is 109 cm³/mol. The van der Waals surface area contributed by atoms with Crippen molar-refractivity contribution in [3.8, 4) is 17.2 Å². The lowest BCUT2D eigenvalue weighted by Gasteiger charge is -2.36. The Hall–Kier alpha value is -2.83. The zero-order valence-electron chi connectivity index (χ0n) is 16.2. The molecule has 0 spiro atoms. The first-order chi connectivity index (χ1) is 14.3. The van der Waals surface area contributed by atoms with Crippen LogP contribution in [0.15, 0.2) is 54.9 Å². The number of fused-ring (bicyclic) bond motifs is 2. The van der Waals surface area contributed by atoms with E-state index in [1.54, 1.807) is 6.20 Å². The molecule has 150 valence electrons. The predicted octanol–water partition coefficient (Wildman–Crippen LogP) is 3.02. The molecule has 1 fully saturated rings. The number of para-hydroxylation sites is 1. The van der Waals surface area contributed by atoms with Crippen LogP contribution in [0.1, 0.15) is 12.0 Å². The van der Waals surface area contributed by atoms with Crippen LogP contribution in [0.3, 0.4) is 0 Å². The number of nitrogens with zero attached hydrogens (tertiary/aromatic N) is 2. The maximum Gasteiger partial charge on any atom is 0.165 e. The van der Waals surface area contributed by atoms with E-state index in [9.17, 15) is 5.11 Å². The Bertz CT molecular complexity index is 1010. The Balaban J connectivity index is 1.24. The average Bonchev–Trinajstić information content (AvgIpc) is 2.76. The molecule has 2 atom stereocenters. The van der Waals surface area contributed by atoms with Gasteiger partial charge in [-0.25, -0.2) is 0 Å². The molecule has 1 saturated heterocycles. The first kappa shape index (κ1) is 18.2. The molecule has 0 saturated carbocycles. The fourth-order valence-corrected chi connectivity index (χ4v) is 4.07. The molecule has 2 aromatic carbocycles. The van der Waals surface area contributed by atoms with Crippen molar-refractivity contribution in [1.82, 2.24) is 9.88 Å². The molecule has 0 bridgehead atoms. The van der Waals surface area contributed by atoms with Gasteiger partial charge >= 0.3 is 0 Å². The smallest absolute Gasteiger partial charge is 0.165 e. The van der Waals surface area contributed by atoms with Gasteiger partial charge in [0.05, 0.1) is 0 Å². The van der Waals surface area contributed by atoms with Crippen LogP contribution in [-0.4, -0.2) is 53.5 Å². The summed E-state index contributed by atoms with van der Waals surface area (Å²) < 4.78 is 17.6. The van der Waals surface area contributed by atoms with Crippen LogP contribution in [0.25, 0.3) is 10.8 Å². The Kier molecular flexibility index (Phi) is 4.96. The van der Waals surface area contributed by atoms with Crippen LogP contribution in [0.2, 0.25) is 0 Å². The minimum absolute atomic E-state index is 0.218. The van der Waals surface area contributed by atoms with E-state index in [4.69, 9.17) is 14.2 Å². The lowest BCUT2D eigenvalue weighted by atomic mass is 10.0. The van der Waals surface area contributed by atoms with Crippen LogP contribution in [-0.2, 0) is 6.54 Å². The number of hydrogen-bond donors (Lipinski definition) is 1. The van der Waals surface area contributed by atoms with Gasteiger partial charge in [-0.3, -0.25) is 9.88 Å². The molecule has 6 nitrogen and oxygen atoms in total. The quantitative estimate of drug-likeness (QED) is 0.736. The number of likely N-dealkylation sites (tertiary alicyclic amines) is 1. The van der Waals surface area contributed by atoms with Crippen molar-refractivity contribution < 1.29 is 19.3 Å². The second kappa shape index (κ2) is 7.89. The van der Waals surface area contributed by atoms with E-state index >= 15 is 0 Å². The van der Waals surface area contributed by atoms with Gasteiger partial charge in [-0.1, -0.05) is 18.2 Å². The molecule has 2 aliphatic rings. The maximum atomic E-state index is 10.7. The number of hydrogen-bond acceptors (Lipinski definition) is 6. The van der Waals surface area contributed by atoms with Crippen LogP contribution in [0.5, 0.6) is 17.2 Å². The summed E-state index contributed by atoms with van der Waals surface area (Å²) in [4.78, 5) is 6.40. The highest BCUT2D eigenvalue weighted by molar-refractivity contribution is 5.82. The normalized spacial score (nSPS) is 21.8. The van der Waals surface area contributed by atoms with E-state index in [1.807, 2.05) is 42.6 Å². The van der Waals surface area contributed by atoms with E-state index in [2.05, 4.69) is 16.0 Å². The lowest BCUT2D eigenvalue weighted by Crippen LogP contribution is -2.48. The van der Waals surface area contributed by atoms with E-state index in [0.29, 0.717) is 19.8 Å². The van der Waals surface area contributed by atoms with Crippen LogP contribution < -0.4 is 14.2 Å². The van der Waals surface area contributed by atoms with Crippen molar-refractivity contribution >= 4 is 10.8 Å². The minimum Gasteiger partial charge on any atom is -0.488 e. The van der Waals surface area contributed by atoms with E-state index < -0.39 is 6.10 Å². The highest BCUT2D eigenvalue weighted by Crippen LogP contribution is 2.35. The highest BCUT2D eigenvalue weighted by atomic mass is 16.6. The largest absolute Gasteiger partial charge is 0.488 e. The number of benzene rings is 2. The molecule has 0 radical (unpaired) electrons. The molecule has 0 amide bonds. The molecule has 6 heteroatoms. The third kappa shape index (κ3) is 3.86. The fourth-order valence-electron chi connectivity index (χ4n) is 4.07. The molecular weight excluding hydrogens is 368 g/mol. The third-order valence-electron chi connectivity index (χ3n) is 5.55. The molecule has 0 unspecified atom stereocenters. The van der Waals surface area contributed by atoms with Gasteiger partial charge in [0.25, 0.3) is 0 Å². The molecule has 2 aliphatic heterocycles. The fraction of sp³-hybridized carbons (Fsp3) is 0.348. The van der Waals surface area contributed by atoms with Gasteiger partial charge in [0.15, 0.2) is 11.5 Å². The summed E-state index contributed by atoms with van der Waals surface area (Å²) in [6.45, 7) is 3.29. The molecule has 1 N–H and O–H groups in total. The van der Waals surface area contributed by atoms with Crippen molar-refractivity contribution in [2.75, 3.05) is 26.3 Å². The van der Waals surface area contributed by atoms with E-state index in [0.717, 1.165) is 53.1 Å². The van der Waals surface area contributed by atoms with Crippen LogP contribution >= 0.6 is 0 Å². The van der Waals surface area contributed by atoms with Crippen molar-refractivity contribution in [3.05, 3.63) is 60.4 Å². The molecule has 5 rings (SSSR count). The number of pyridine rings is 1. The summed E-state index contributed by atoms with van der Waals surface area (Å²) in [7, 11) is 0. The van der Waals surface area contributed by atoms with Gasteiger partial charge in [-0.2, -0.15) is 0 Å². The molecule has 3 aromatic rings.